The van der Waals surface area contributed by atoms with E-state index in [0.29, 0.717) is 5.69 Å². The fourth-order valence-corrected chi connectivity index (χ4v) is 3.80. The molecule has 0 aliphatic rings. The molecule has 0 fully saturated rings. The van der Waals surface area contributed by atoms with Gasteiger partial charge in [-0.05, 0) is 13.8 Å². The Morgan fingerprint density at radius 2 is 2.27 bits per heavy atom. The molecule has 0 aliphatic carbocycles. The van der Waals surface area contributed by atoms with Crippen LogP contribution in [-0.2, 0) is 10.0 Å². The molecule has 0 saturated carbocycles. The summed E-state index contributed by atoms with van der Waals surface area (Å²) in [7, 11) is -3.60. The molecule has 8 heteroatoms. The normalized spacial score (nSPS) is 14.1. The fraction of sp³-hybridized carbons (Fsp3) is 0.571. The van der Waals surface area contributed by atoms with Crippen molar-refractivity contribution in [1.82, 2.24) is 9.71 Å². The second kappa shape index (κ2) is 4.75. The molecule has 0 amide bonds. The highest BCUT2D eigenvalue weighted by atomic mass is 35.5. The van der Waals surface area contributed by atoms with Crippen molar-refractivity contribution in [3.63, 3.8) is 0 Å². The van der Waals surface area contributed by atoms with E-state index in [1.165, 1.54) is 6.92 Å². The molecule has 0 aromatic carbocycles. The van der Waals surface area contributed by atoms with Crippen molar-refractivity contribution in [2.45, 2.75) is 24.2 Å². The van der Waals surface area contributed by atoms with Crippen LogP contribution in [0, 0.1) is 6.92 Å². The van der Waals surface area contributed by atoms with Crippen LogP contribution in [-0.4, -0.2) is 31.2 Å². The van der Waals surface area contributed by atoms with Crippen molar-refractivity contribution in [3.05, 3.63) is 10.2 Å². The lowest BCUT2D eigenvalue weighted by atomic mass is 10.4. The molecule has 1 atom stereocenters. The van der Waals surface area contributed by atoms with E-state index in [2.05, 4.69) is 9.71 Å². The lowest BCUT2D eigenvalue weighted by Gasteiger charge is -2.06. The molecule has 86 valence electrons. The Hall–Kier alpha value is -0.210. The summed E-state index contributed by atoms with van der Waals surface area (Å²) in [6.45, 7) is 3.03. The van der Waals surface area contributed by atoms with Crippen LogP contribution in [0.1, 0.15) is 12.6 Å². The minimum absolute atomic E-state index is 0.0305. The Kier molecular flexibility index (Phi) is 4.07. The summed E-state index contributed by atoms with van der Waals surface area (Å²) < 4.78 is 25.9. The molecule has 1 heterocycles. The van der Waals surface area contributed by atoms with Crippen LogP contribution in [0.4, 0.5) is 0 Å². The molecular weight excluding hydrogens is 260 g/mol. The monoisotopic (exact) mass is 270 g/mol. The van der Waals surface area contributed by atoms with Gasteiger partial charge >= 0.3 is 0 Å². The number of aliphatic hydroxyl groups is 1. The zero-order chi connectivity index (χ0) is 11.6. The number of thiazole rings is 1. The van der Waals surface area contributed by atoms with Gasteiger partial charge in [-0.2, -0.15) is 0 Å². The quantitative estimate of drug-likeness (QED) is 0.847. The average molecular weight is 271 g/mol. The van der Waals surface area contributed by atoms with Gasteiger partial charge < -0.3 is 5.11 Å². The van der Waals surface area contributed by atoms with E-state index in [9.17, 15) is 8.42 Å². The molecule has 1 rings (SSSR count). The maximum atomic E-state index is 11.7. The van der Waals surface area contributed by atoms with Crippen molar-refractivity contribution >= 4 is 33.0 Å². The summed E-state index contributed by atoms with van der Waals surface area (Å²) >= 11 is 6.50. The number of aromatic nitrogens is 1. The van der Waals surface area contributed by atoms with Crippen LogP contribution in [0.25, 0.3) is 0 Å². The Morgan fingerprint density at radius 1 is 1.67 bits per heavy atom. The maximum Gasteiger partial charge on any atom is 0.252 e. The largest absolute Gasteiger partial charge is 0.392 e. The van der Waals surface area contributed by atoms with E-state index in [1.807, 2.05) is 0 Å². The Balaban J connectivity index is 2.91. The van der Waals surface area contributed by atoms with Crippen molar-refractivity contribution in [1.29, 1.82) is 0 Å². The van der Waals surface area contributed by atoms with Gasteiger partial charge in [-0.25, -0.2) is 18.1 Å². The number of halogens is 1. The molecule has 0 radical (unpaired) electrons. The molecular formula is C7H11ClN2O3S2. The third-order valence-electron chi connectivity index (χ3n) is 1.54. The van der Waals surface area contributed by atoms with Crippen LogP contribution in [0.2, 0.25) is 4.47 Å². The number of sulfonamides is 1. The van der Waals surface area contributed by atoms with E-state index >= 15 is 0 Å². The number of nitrogens with zero attached hydrogens (tertiary/aromatic N) is 1. The van der Waals surface area contributed by atoms with Gasteiger partial charge in [0, 0.05) is 6.54 Å². The average Bonchev–Trinajstić information content (AvgIpc) is 2.43. The topological polar surface area (TPSA) is 79.3 Å². The maximum absolute atomic E-state index is 11.7. The third-order valence-corrected chi connectivity index (χ3v) is 4.84. The first-order valence-electron chi connectivity index (χ1n) is 4.13. The van der Waals surface area contributed by atoms with Crippen LogP contribution >= 0.6 is 22.9 Å². The zero-order valence-electron chi connectivity index (χ0n) is 8.19. The van der Waals surface area contributed by atoms with E-state index in [0.717, 1.165) is 11.3 Å². The van der Waals surface area contributed by atoms with Gasteiger partial charge in [0.1, 0.15) is 0 Å². The van der Waals surface area contributed by atoms with Gasteiger partial charge in [0.15, 0.2) is 8.68 Å². The highest BCUT2D eigenvalue weighted by Gasteiger charge is 2.21. The first kappa shape index (κ1) is 12.9. The van der Waals surface area contributed by atoms with Crippen molar-refractivity contribution in [3.8, 4) is 0 Å². The second-order valence-electron chi connectivity index (χ2n) is 3.04. The standard InChI is InChI=1S/C7H11ClN2O3S2/c1-4(11)3-9-15(12,13)6-5(2)10-7(8)14-6/h4,9,11H,3H2,1-2H3/t4-/m0/s1. The molecule has 0 saturated heterocycles. The zero-order valence-corrected chi connectivity index (χ0v) is 10.6. The summed E-state index contributed by atoms with van der Waals surface area (Å²) in [5.41, 5.74) is 0.364. The lowest BCUT2D eigenvalue weighted by molar-refractivity contribution is 0.198. The van der Waals surface area contributed by atoms with Gasteiger partial charge in [0.25, 0.3) is 10.0 Å². The predicted molar refractivity (Wildman–Crippen MR) is 58.7 cm³/mol. The fourth-order valence-electron chi connectivity index (χ4n) is 0.896. The first-order valence-corrected chi connectivity index (χ1v) is 6.81. The van der Waals surface area contributed by atoms with Crippen molar-refractivity contribution < 1.29 is 13.5 Å². The number of hydrogen-bond donors (Lipinski definition) is 2. The summed E-state index contributed by atoms with van der Waals surface area (Å²) in [6, 6.07) is 0. The Morgan fingerprint density at radius 3 is 2.67 bits per heavy atom. The number of rotatable bonds is 4. The number of aliphatic hydroxyl groups excluding tert-OH is 1. The van der Waals surface area contributed by atoms with Gasteiger partial charge in [0.2, 0.25) is 0 Å². The van der Waals surface area contributed by atoms with Crippen LogP contribution in [0.3, 0.4) is 0 Å². The molecule has 0 bridgehead atoms. The van der Waals surface area contributed by atoms with Crippen LogP contribution in [0.15, 0.2) is 4.21 Å². The first-order chi connectivity index (χ1) is 6.83. The van der Waals surface area contributed by atoms with Gasteiger partial charge in [-0.1, -0.05) is 22.9 Å². The van der Waals surface area contributed by atoms with E-state index < -0.39 is 16.1 Å². The third kappa shape index (κ3) is 3.39. The minimum Gasteiger partial charge on any atom is -0.392 e. The van der Waals surface area contributed by atoms with Gasteiger partial charge in [-0.3, -0.25) is 0 Å². The van der Waals surface area contributed by atoms with Crippen molar-refractivity contribution in [2.24, 2.45) is 0 Å². The molecule has 2 N–H and O–H groups in total. The van der Waals surface area contributed by atoms with Gasteiger partial charge in [-0.15, -0.1) is 0 Å². The highest BCUT2D eigenvalue weighted by molar-refractivity contribution is 7.91. The molecule has 0 spiro atoms. The van der Waals surface area contributed by atoms with E-state index in [1.54, 1.807) is 6.92 Å². The van der Waals surface area contributed by atoms with Crippen LogP contribution < -0.4 is 4.72 Å². The number of nitrogens with one attached hydrogen (secondary N) is 1. The molecule has 1 aromatic rings. The highest BCUT2D eigenvalue weighted by Crippen LogP contribution is 2.26. The second-order valence-corrected chi connectivity index (χ2v) is 6.58. The summed E-state index contributed by atoms with van der Waals surface area (Å²) in [6.07, 6.45) is -0.733. The summed E-state index contributed by atoms with van der Waals surface area (Å²) in [4.78, 5) is 3.81. The number of hydrogen-bond acceptors (Lipinski definition) is 5. The van der Waals surface area contributed by atoms with Crippen molar-refractivity contribution in [2.75, 3.05) is 6.54 Å². The molecule has 0 aliphatic heterocycles. The van der Waals surface area contributed by atoms with Gasteiger partial charge in [0.05, 0.1) is 11.8 Å². The molecule has 15 heavy (non-hydrogen) atoms. The minimum atomic E-state index is -3.60. The smallest absolute Gasteiger partial charge is 0.252 e. The summed E-state index contributed by atoms with van der Waals surface area (Å²) in [5.74, 6) is 0. The lowest BCUT2D eigenvalue weighted by Crippen LogP contribution is -2.30. The van der Waals surface area contributed by atoms with E-state index in [4.69, 9.17) is 16.7 Å². The van der Waals surface area contributed by atoms with E-state index in [-0.39, 0.29) is 15.2 Å². The Labute approximate surface area is 97.2 Å². The summed E-state index contributed by atoms with van der Waals surface area (Å²) in [5, 5.41) is 8.97. The predicted octanol–water partition coefficient (Wildman–Crippen LogP) is 0.764. The molecule has 1 aromatic heterocycles. The molecule has 0 unspecified atom stereocenters. The molecule has 5 nitrogen and oxygen atoms in total. The SMILES string of the molecule is Cc1nc(Cl)sc1S(=O)(=O)NC[C@H](C)O. The number of aryl methyl sites for hydroxylation is 1. The Bertz CT molecular complexity index is 441. The van der Waals surface area contributed by atoms with Crippen LogP contribution in [0.5, 0.6) is 0 Å².